The highest BCUT2D eigenvalue weighted by Gasteiger charge is 2.20. The number of carbonyl (C=O) groups excluding carboxylic acids is 1. The minimum atomic E-state index is -0.609. The molecule has 4 rings (SSSR count). The zero-order valence-corrected chi connectivity index (χ0v) is 16.1. The van der Waals surface area contributed by atoms with Crippen LogP contribution in [-0.4, -0.2) is 27.3 Å². The summed E-state index contributed by atoms with van der Waals surface area (Å²) in [5.41, 5.74) is 3.62. The Balaban J connectivity index is 1.51. The number of aromatic nitrogens is 2. The van der Waals surface area contributed by atoms with E-state index in [0.29, 0.717) is 5.75 Å². The molecule has 1 unspecified atom stereocenters. The Morgan fingerprint density at radius 3 is 2.93 bits per heavy atom. The first kappa shape index (κ1) is 17.7. The summed E-state index contributed by atoms with van der Waals surface area (Å²) >= 11 is 1.75. The first-order valence-corrected chi connectivity index (χ1v) is 9.92. The molecule has 0 aliphatic carbocycles. The Morgan fingerprint density at radius 2 is 2.11 bits per heavy atom. The first-order valence-electron chi connectivity index (χ1n) is 8.94. The molecule has 5 nitrogen and oxygen atoms in total. The molecule has 6 heteroatoms. The van der Waals surface area contributed by atoms with Crippen LogP contribution < -0.4 is 10.1 Å². The molecule has 0 saturated carbocycles. The van der Waals surface area contributed by atoms with Gasteiger partial charge in [-0.25, -0.2) is 4.98 Å². The van der Waals surface area contributed by atoms with Crippen molar-refractivity contribution in [3.8, 4) is 17.0 Å². The SMILES string of the molecule is Cc1cccc(OC(C)C(=O)Nc2ccccc2-c2cn3c(n2)SCC3)c1. The molecule has 1 atom stereocenters. The summed E-state index contributed by atoms with van der Waals surface area (Å²) in [7, 11) is 0. The summed E-state index contributed by atoms with van der Waals surface area (Å²) in [5, 5.41) is 4.02. The van der Waals surface area contributed by atoms with E-state index in [4.69, 9.17) is 9.72 Å². The third-order valence-electron chi connectivity index (χ3n) is 4.44. The molecule has 27 heavy (non-hydrogen) atoms. The number of carbonyl (C=O) groups is 1. The van der Waals surface area contributed by atoms with Gasteiger partial charge in [0, 0.05) is 24.1 Å². The lowest BCUT2D eigenvalue weighted by Gasteiger charge is -2.16. The number of amides is 1. The highest BCUT2D eigenvalue weighted by atomic mass is 32.2. The van der Waals surface area contributed by atoms with E-state index >= 15 is 0 Å². The Kier molecular flexibility index (Phi) is 4.90. The number of nitrogens with zero attached hydrogens (tertiary/aromatic N) is 2. The van der Waals surface area contributed by atoms with Gasteiger partial charge in [-0.15, -0.1) is 0 Å². The highest BCUT2D eigenvalue weighted by Crippen LogP contribution is 2.32. The third kappa shape index (κ3) is 3.85. The van der Waals surface area contributed by atoms with E-state index in [1.807, 2.05) is 61.7 Å². The molecule has 2 aromatic carbocycles. The van der Waals surface area contributed by atoms with E-state index in [0.717, 1.165) is 40.0 Å². The molecule has 1 aromatic heterocycles. The van der Waals surface area contributed by atoms with Crippen molar-refractivity contribution in [3.63, 3.8) is 0 Å². The van der Waals surface area contributed by atoms with Crippen LogP contribution in [0.25, 0.3) is 11.3 Å². The van der Waals surface area contributed by atoms with Crippen LogP contribution in [0.1, 0.15) is 12.5 Å². The molecule has 0 bridgehead atoms. The van der Waals surface area contributed by atoms with Crippen LogP contribution in [0.5, 0.6) is 5.75 Å². The first-order chi connectivity index (χ1) is 13.1. The molecule has 1 aliphatic rings. The molecule has 2 heterocycles. The van der Waals surface area contributed by atoms with Crippen molar-refractivity contribution in [3.05, 3.63) is 60.3 Å². The van der Waals surface area contributed by atoms with Gasteiger partial charge in [0.15, 0.2) is 11.3 Å². The molecule has 0 saturated heterocycles. The maximum Gasteiger partial charge on any atom is 0.265 e. The molecule has 3 aromatic rings. The Morgan fingerprint density at radius 1 is 1.26 bits per heavy atom. The molecule has 1 amide bonds. The molecular formula is C21H21N3O2S. The Labute approximate surface area is 162 Å². The van der Waals surface area contributed by atoms with Gasteiger partial charge in [-0.1, -0.05) is 42.1 Å². The average Bonchev–Trinajstić information content (AvgIpc) is 3.24. The van der Waals surface area contributed by atoms with Gasteiger partial charge >= 0.3 is 0 Å². The Hall–Kier alpha value is -2.73. The van der Waals surface area contributed by atoms with E-state index in [1.54, 1.807) is 18.7 Å². The van der Waals surface area contributed by atoms with E-state index in [9.17, 15) is 4.79 Å². The molecular weight excluding hydrogens is 358 g/mol. The van der Waals surface area contributed by atoms with Gasteiger partial charge in [0.25, 0.3) is 5.91 Å². The number of thioether (sulfide) groups is 1. The summed E-state index contributed by atoms with van der Waals surface area (Å²) in [5.74, 6) is 1.56. The minimum Gasteiger partial charge on any atom is -0.481 e. The van der Waals surface area contributed by atoms with Crippen molar-refractivity contribution in [2.24, 2.45) is 0 Å². The maximum absolute atomic E-state index is 12.7. The van der Waals surface area contributed by atoms with E-state index < -0.39 is 6.10 Å². The fraction of sp³-hybridized carbons (Fsp3) is 0.238. The van der Waals surface area contributed by atoms with Crippen LogP contribution in [0.2, 0.25) is 0 Å². The monoisotopic (exact) mass is 379 g/mol. The summed E-state index contributed by atoms with van der Waals surface area (Å²) in [4.78, 5) is 17.4. The van der Waals surface area contributed by atoms with E-state index in [-0.39, 0.29) is 5.91 Å². The lowest BCUT2D eigenvalue weighted by atomic mass is 10.1. The zero-order valence-electron chi connectivity index (χ0n) is 15.3. The number of hydrogen-bond acceptors (Lipinski definition) is 4. The second-order valence-corrected chi connectivity index (χ2v) is 7.62. The van der Waals surface area contributed by atoms with Gasteiger partial charge in [-0.2, -0.15) is 0 Å². The fourth-order valence-electron chi connectivity index (χ4n) is 3.04. The van der Waals surface area contributed by atoms with Gasteiger partial charge in [0.05, 0.1) is 11.4 Å². The number of aryl methyl sites for hydroxylation is 2. The van der Waals surface area contributed by atoms with Crippen molar-refractivity contribution in [2.45, 2.75) is 31.7 Å². The molecule has 0 radical (unpaired) electrons. The third-order valence-corrected chi connectivity index (χ3v) is 5.41. The van der Waals surface area contributed by atoms with E-state index in [2.05, 4.69) is 9.88 Å². The van der Waals surface area contributed by atoms with Gasteiger partial charge in [0.1, 0.15) is 5.75 Å². The molecule has 1 aliphatic heterocycles. The number of ether oxygens (including phenoxy) is 1. The highest BCUT2D eigenvalue weighted by molar-refractivity contribution is 7.99. The number of nitrogens with one attached hydrogen (secondary N) is 1. The number of para-hydroxylation sites is 1. The molecule has 0 spiro atoms. The summed E-state index contributed by atoms with van der Waals surface area (Å²) in [6.07, 6.45) is 1.44. The van der Waals surface area contributed by atoms with Crippen LogP contribution in [0.4, 0.5) is 5.69 Å². The fourth-order valence-corrected chi connectivity index (χ4v) is 3.98. The van der Waals surface area contributed by atoms with Crippen LogP contribution in [-0.2, 0) is 11.3 Å². The quantitative estimate of drug-likeness (QED) is 0.715. The number of fused-ring (bicyclic) bond motifs is 1. The standard InChI is InChI=1S/C21H21N3O2S/c1-14-6-5-7-16(12-14)26-15(2)20(25)22-18-9-4-3-8-17(18)19-13-24-10-11-27-21(24)23-19/h3-9,12-13,15H,10-11H2,1-2H3,(H,22,25). The largest absolute Gasteiger partial charge is 0.481 e. The van der Waals surface area contributed by atoms with Crippen LogP contribution in [0, 0.1) is 6.92 Å². The van der Waals surface area contributed by atoms with Gasteiger partial charge < -0.3 is 14.6 Å². The predicted octanol–water partition coefficient (Wildman–Crippen LogP) is 4.37. The molecule has 1 N–H and O–H groups in total. The van der Waals surface area contributed by atoms with Crippen molar-refractivity contribution >= 4 is 23.4 Å². The number of anilines is 1. The van der Waals surface area contributed by atoms with Gasteiger partial charge in [-0.3, -0.25) is 4.79 Å². The minimum absolute atomic E-state index is 0.190. The van der Waals surface area contributed by atoms with Crippen molar-refractivity contribution in [1.82, 2.24) is 9.55 Å². The summed E-state index contributed by atoms with van der Waals surface area (Å²) in [6, 6.07) is 15.4. The van der Waals surface area contributed by atoms with Gasteiger partial charge in [0.2, 0.25) is 0 Å². The number of imidazole rings is 1. The maximum atomic E-state index is 12.7. The number of benzene rings is 2. The second-order valence-electron chi connectivity index (χ2n) is 6.56. The van der Waals surface area contributed by atoms with Crippen molar-refractivity contribution < 1.29 is 9.53 Å². The van der Waals surface area contributed by atoms with E-state index in [1.165, 1.54) is 0 Å². The Bertz CT molecular complexity index is 962. The van der Waals surface area contributed by atoms with Crippen LogP contribution >= 0.6 is 11.8 Å². The second kappa shape index (κ2) is 7.48. The topological polar surface area (TPSA) is 56.1 Å². The summed E-state index contributed by atoms with van der Waals surface area (Å²) < 4.78 is 7.94. The summed E-state index contributed by atoms with van der Waals surface area (Å²) in [6.45, 7) is 4.72. The smallest absolute Gasteiger partial charge is 0.265 e. The van der Waals surface area contributed by atoms with Crippen molar-refractivity contribution in [1.29, 1.82) is 0 Å². The lowest BCUT2D eigenvalue weighted by molar-refractivity contribution is -0.122. The van der Waals surface area contributed by atoms with Gasteiger partial charge in [-0.05, 0) is 37.6 Å². The number of rotatable bonds is 5. The average molecular weight is 379 g/mol. The van der Waals surface area contributed by atoms with Crippen molar-refractivity contribution in [2.75, 3.05) is 11.1 Å². The molecule has 0 fully saturated rings. The van der Waals surface area contributed by atoms with Crippen LogP contribution in [0.3, 0.4) is 0 Å². The normalized spacial score (nSPS) is 13.9. The molecule has 138 valence electrons. The van der Waals surface area contributed by atoms with Crippen LogP contribution in [0.15, 0.2) is 59.9 Å². The zero-order chi connectivity index (χ0) is 18.8. The lowest BCUT2D eigenvalue weighted by Crippen LogP contribution is -2.30. The number of hydrogen-bond donors (Lipinski definition) is 1. The predicted molar refractivity (Wildman–Crippen MR) is 108 cm³/mol.